The van der Waals surface area contributed by atoms with Crippen molar-refractivity contribution in [2.24, 2.45) is 0 Å². The summed E-state index contributed by atoms with van der Waals surface area (Å²) in [7, 11) is 0. The van der Waals surface area contributed by atoms with E-state index in [-0.39, 0.29) is 24.5 Å². The minimum absolute atomic E-state index is 0.0728. The van der Waals surface area contributed by atoms with E-state index in [1.807, 2.05) is 31.2 Å². The van der Waals surface area contributed by atoms with E-state index in [1.165, 1.54) is 19.3 Å². The number of carbonyl (C=O) groups is 1. The highest BCUT2D eigenvalue weighted by Gasteiger charge is 2.37. The van der Waals surface area contributed by atoms with Crippen LogP contribution in [0.4, 0.5) is 0 Å². The summed E-state index contributed by atoms with van der Waals surface area (Å²) in [5, 5.41) is 13.9. The molecular formula is C28H31NO5. The van der Waals surface area contributed by atoms with Crippen LogP contribution in [0.3, 0.4) is 0 Å². The number of amides is 1. The second-order valence-corrected chi connectivity index (χ2v) is 9.70. The van der Waals surface area contributed by atoms with E-state index >= 15 is 0 Å². The first-order valence-corrected chi connectivity index (χ1v) is 12.2. The lowest BCUT2D eigenvalue weighted by Crippen LogP contribution is -2.41. The summed E-state index contributed by atoms with van der Waals surface area (Å²) in [5.74, 6) is 0.494. The maximum atomic E-state index is 12.8. The van der Waals surface area contributed by atoms with Gasteiger partial charge in [0.25, 0.3) is 0 Å². The Balaban J connectivity index is 1.34. The molecule has 1 aliphatic heterocycles. The Labute approximate surface area is 198 Å². The number of aliphatic hydroxyl groups excluding tert-OH is 1. The van der Waals surface area contributed by atoms with Gasteiger partial charge in [-0.2, -0.15) is 0 Å². The number of hydrogen-bond acceptors (Lipinski definition) is 5. The highest BCUT2D eigenvalue weighted by molar-refractivity contribution is 5.86. The molecule has 6 heteroatoms. The summed E-state index contributed by atoms with van der Waals surface area (Å²) in [4.78, 5) is 25.3. The Bertz CT molecular complexity index is 1260. The van der Waals surface area contributed by atoms with Gasteiger partial charge >= 0.3 is 5.63 Å². The topological polar surface area (TPSA) is 88.8 Å². The summed E-state index contributed by atoms with van der Waals surface area (Å²) < 4.78 is 12.1. The maximum Gasteiger partial charge on any atom is 0.340 e. The number of nitrogens with one attached hydrogen (secondary N) is 1. The molecule has 1 amide bonds. The molecule has 2 aromatic carbocycles. The first-order chi connectivity index (χ1) is 16.4. The Morgan fingerprint density at radius 3 is 2.65 bits per heavy atom. The number of benzene rings is 2. The van der Waals surface area contributed by atoms with Gasteiger partial charge in [0.1, 0.15) is 16.9 Å². The van der Waals surface area contributed by atoms with Crippen LogP contribution in [0.2, 0.25) is 0 Å². The summed E-state index contributed by atoms with van der Waals surface area (Å²) in [5.41, 5.74) is 2.87. The van der Waals surface area contributed by atoms with E-state index in [0.717, 1.165) is 53.5 Å². The van der Waals surface area contributed by atoms with Crippen LogP contribution in [0.15, 0.2) is 51.7 Å². The smallest absolute Gasteiger partial charge is 0.340 e. The predicted molar refractivity (Wildman–Crippen MR) is 130 cm³/mol. The fourth-order valence-electron chi connectivity index (χ4n) is 5.38. The molecule has 1 atom stereocenters. The quantitative estimate of drug-likeness (QED) is 0.546. The molecule has 1 fully saturated rings. The first kappa shape index (κ1) is 22.7. The van der Waals surface area contributed by atoms with Gasteiger partial charge in [0.2, 0.25) is 5.91 Å². The number of aliphatic hydroxyl groups is 1. The Morgan fingerprint density at radius 1 is 1.12 bits per heavy atom. The monoisotopic (exact) mass is 461 g/mol. The summed E-state index contributed by atoms with van der Waals surface area (Å²) >= 11 is 0. The van der Waals surface area contributed by atoms with E-state index in [9.17, 15) is 14.7 Å². The zero-order valence-corrected chi connectivity index (χ0v) is 19.6. The van der Waals surface area contributed by atoms with Crippen molar-refractivity contribution < 1.29 is 19.1 Å². The summed E-state index contributed by atoms with van der Waals surface area (Å²) in [6.07, 6.45) is 6.89. The number of fused-ring (bicyclic) bond motifs is 2. The molecule has 2 heterocycles. The average molecular weight is 462 g/mol. The third-order valence-corrected chi connectivity index (χ3v) is 7.42. The van der Waals surface area contributed by atoms with Crippen molar-refractivity contribution in [2.45, 2.75) is 70.0 Å². The number of carbonyl (C=O) groups excluding carboxylic acids is 1. The van der Waals surface area contributed by atoms with Gasteiger partial charge in [-0.25, -0.2) is 4.79 Å². The van der Waals surface area contributed by atoms with Crippen LogP contribution in [0, 0.1) is 6.92 Å². The lowest BCUT2D eigenvalue weighted by Gasteiger charge is -2.41. The van der Waals surface area contributed by atoms with Crippen LogP contribution in [0.1, 0.15) is 66.9 Å². The normalized spacial score (nSPS) is 17.7. The van der Waals surface area contributed by atoms with Crippen LogP contribution in [-0.2, 0) is 17.6 Å². The molecule has 0 unspecified atom stereocenters. The third kappa shape index (κ3) is 4.47. The van der Waals surface area contributed by atoms with Gasteiger partial charge in [-0.15, -0.1) is 0 Å². The molecule has 1 saturated carbocycles. The van der Waals surface area contributed by atoms with Crippen molar-refractivity contribution >= 4 is 16.9 Å². The molecule has 2 N–H and O–H groups in total. The second kappa shape index (κ2) is 9.26. The molecule has 34 heavy (non-hydrogen) atoms. The standard InChI is InChI=1S/C28H31NO5/c1-18-21-14-20-10-13-28(11-6-3-7-12-28)34-24(20)16-25(21)33-27(32)22(18)15-26(31)29-17-23(30)19-8-4-2-5-9-19/h2,4-5,8-9,14,16,23,30H,3,6-7,10-13,15,17H2,1H3,(H,29,31)/t23-/m0/s1. The van der Waals surface area contributed by atoms with Crippen LogP contribution in [0.5, 0.6) is 5.75 Å². The van der Waals surface area contributed by atoms with Crippen molar-refractivity contribution in [1.82, 2.24) is 5.32 Å². The Morgan fingerprint density at radius 2 is 1.88 bits per heavy atom. The third-order valence-electron chi connectivity index (χ3n) is 7.42. The fraction of sp³-hybridized carbons (Fsp3) is 0.429. The Hall–Kier alpha value is -3.12. The fourth-order valence-corrected chi connectivity index (χ4v) is 5.38. The van der Waals surface area contributed by atoms with Crippen LogP contribution in [-0.4, -0.2) is 23.2 Å². The van der Waals surface area contributed by atoms with Gasteiger partial charge in [0.15, 0.2) is 0 Å². The minimum Gasteiger partial charge on any atom is -0.487 e. The maximum absolute atomic E-state index is 12.8. The van der Waals surface area contributed by atoms with Crippen molar-refractivity contribution in [3.63, 3.8) is 0 Å². The molecule has 2 aliphatic rings. The number of aryl methyl sites for hydroxylation is 2. The number of rotatable bonds is 5. The van der Waals surface area contributed by atoms with Crippen molar-refractivity contribution in [1.29, 1.82) is 0 Å². The van der Waals surface area contributed by atoms with Gasteiger partial charge in [0, 0.05) is 18.0 Å². The van der Waals surface area contributed by atoms with E-state index in [2.05, 4.69) is 11.4 Å². The molecular weight excluding hydrogens is 430 g/mol. The van der Waals surface area contributed by atoms with Crippen LogP contribution < -0.4 is 15.7 Å². The molecule has 1 aliphatic carbocycles. The summed E-state index contributed by atoms with van der Waals surface area (Å²) in [6.45, 7) is 1.94. The molecule has 0 bridgehead atoms. The largest absolute Gasteiger partial charge is 0.487 e. The van der Waals surface area contributed by atoms with Crippen molar-refractivity contribution in [2.75, 3.05) is 6.54 Å². The Kier molecular flexibility index (Phi) is 6.17. The number of ether oxygens (including phenoxy) is 1. The van der Waals surface area contributed by atoms with Crippen molar-refractivity contribution in [3.05, 3.63) is 75.1 Å². The zero-order chi connectivity index (χ0) is 23.7. The second-order valence-electron chi connectivity index (χ2n) is 9.70. The van der Waals surface area contributed by atoms with Crippen LogP contribution >= 0.6 is 0 Å². The van der Waals surface area contributed by atoms with Gasteiger partial charge in [-0.1, -0.05) is 36.8 Å². The molecule has 178 valence electrons. The molecule has 1 aromatic heterocycles. The first-order valence-electron chi connectivity index (χ1n) is 12.2. The SMILES string of the molecule is Cc1c(CC(=O)NC[C@H](O)c2ccccc2)c(=O)oc2cc3c(cc12)CCC1(CCCCC1)O3. The minimum atomic E-state index is -0.807. The van der Waals surface area contributed by atoms with Crippen LogP contribution in [0.25, 0.3) is 11.0 Å². The van der Waals surface area contributed by atoms with Gasteiger partial charge in [-0.3, -0.25) is 4.79 Å². The van der Waals surface area contributed by atoms with Gasteiger partial charge in [-0.05, 0) is 68.2 Å². The molecule has 1 spiro atoms. The molecule has 6 nitrogen and oxygen atoms in total. The molecule has 5 rings (SSSR count). The van der Waals surface area contributed by atoms with Gasteiger partial charge < -0.3 is 19.6 Å². The highest BCUT2D eigenvalue weighted by Crippen LogP contribution is 2.43. The van der Waals surface area contributed by atoms with E-state index in [4.69, 9.17) is 9.15 Å². The average Bonchev–Trinajstić information content (AvgIpc) is 2.85. The summed E-state index contributed by atoms with van der Waals surface area (Å²) in [6, 6.07) is 13.1. The molecule has 0 saturated heterocycles. The molecule has 3 aromatic rings. The molecule has 0 radical (unpaired) electrons. The highest BCUT2D eigenvalue weighted by atomic mass is 16.5. The van der Waals surface area contributed by atoms with Crippen molar-refractivity contribution in [3.8, 4) is 5.75 Å². The van der Waals surface area contributed by atoms with E-state index in [1.54, 1.807) is 12.1 Å². The number of hydrogen-bond donors (Lipinski definition) is 2. The van der Waals surface area contributed by atoms with E-state index in [0.29, 0.717) is 11.1 Å². The lowest BCUT2D eigenvalue weighted by atomic mass is 9.79. The van der Waals surface area contributed by atoms with E-state index < -0.39 is 11.7 Å². The zero-order valence-electron chi connectivity index (χ0n) is 19.6. The van der Waals surface area contributed by atoms with Gasteiger partial charge in [0.05, 0.1) is 18.1 Å². The lowest BCUT2D eigenvalue weighted by molar-refractivity contribution is -0.120. The predicted octanol–water partition coefficient (Wildman–Crippen LogP) is 4.52.